The van der Waals surface area contributed by atoms with Crippen LogP contribution in [0.5, 0.6) is 0 Å². The summed E-state index contributed by atoms with van der Waals surface area (Å²) in [7, 11) is -2.28. The largest absolute Gasteiger partial charge is 0.383 e. The molecule has 1 aromatic heterocycles. The minimum Gasteiger partial charge on any atom is -0.383 e. The number of halogens is 1. The van der Waals surface area contributed by atoms with Crippen molar-refractivity contribution < 1.29 is 17.9 Å². The Hall–Kier alpha value is -1.52. The lowest BCUT2D eigenvalue weighted by Crippen LogP contribution is -2.27. The van der Waals surface area contributed by atoms with Gasteiger partial charge in [-0.25, -0.2) is 18.1 Å². The Kier molecular flexibility index (Phi) is 6.08. The van der Waals surface area contributed by atoms with E-state index in [9.17, 15) is 13.2 Å². The predicted octanol–water partition coefficient (Wildman–Crippen LogP) is 1.97. The number of carbonyl (C=O) groups excluding carboxylic acids is 1. The number of hydrogen-bond donors (Lipinski definition) is 2. The predicted molar refractivity (Wildman–Crippen MR) is 88.6 cm³/mol. The van der Waals surface area contributed by atoms with Gasteiger partial charge in [0.1, 0.15) is 0 Å². The molecule has 124 valence electrons. The van der Waals surface area contributed by atoms with Gasteiger partial charge in [-0.05, 0) is 18.2 Å². The minimum absolute atomic E-state index is 0.0523. The van der Waals surface area contributed by atoms with Gasteiger partial charge in [0.25, 0.3) is 5.91 Å². The van der Waals surface area contributed by atoms with Gasteiger partial charge in [0.15, 0.2) is 5.13 Å². The summed E-state index contributed by atoms with van der Waals surface area (Å²) < 4.78 is 31.5. The first-order chi connectivity index (χ1) is 10.9. The van der Waals surface area contributed by atoms with Crippen LogP contribution in [0.2, 0.25) is 5.02 Å². The number of methoxy groups -OCH3 is 1. The first-order valence-electron chi connectivity index (χ1n) is 6.43. The zero-order valence-corrected chi connectivity index (χ0v) is 14.5. The summed E-state index contributed by atoms with van der Waals surface area (Å²) in [5.41, 5.74) is 0.0523. The molecule has 10 heteroatoms. The number of thiazole rings is 1. The normalized spacial score (nSPS) is 11.4. The first kappa shape index (κ1) is 17.8. The van der Waals surface area contributed by atoms with Crippen LogP contribution in [0.25, 0.3) is 0 Å². The Morgan fingerprint density at radius 2 is 2.22 bits per heavy atom. The number of aromatic nitrogens is 1. The Labute approximate surface area is 142 Å². The van der Waals surface area contributed by atoms with Crippen LogP contribution in [0.4, 0.5) is 5.13 Å². The quantitative estimate of drug-likeness (QED) is 0.721. The maximum absolute atomic E-state index is 12.2. The van der Waals surface area contributed by atoms with Gasteiger partial charge in [-0.15, -0.1) is 11.3 Å². The third kappa shape index (κ3) is 4.72. The SMILES string of the molecule is COCCNS(=O)(=O)c1ccc(Cl)c(C(=O)Nc2nccs2)c1. The summed E-state index contributed by atoms with van der Waals surface area (Å²) in [6, 6.07) is 3.92. The number of amides is 1. The van der Waals surface area contributed by atoms with E-state index in [1.165, 1.54) is 36.6 Å². The zero-order valence-electron chi connectivity index (χ0n) is 12.1. The third-order valence-corrected chi connectivity index (χ3v) is 5.22. The summed E-state index contributed by atoms with van der Waals surface area (Å²) >= 11 is 7.24. The lowest BCUT2D eigenvalue weighted by Gasteiger charge is -2.09. The molecule has 0 atom stereocenters. The maximum Gasteiger partial charge on any atom is 0.259 e. The van der Waals surface area contributed by atoms with Gasteiger partial charge in [0.05, 0.1) is 22.1 Å². The van der Waals surface area contributed by atoms with Crippen molar-refractivity contribution in [2.75, 3.05) is 25.6 Å². The molecule has 1 aromatic carbocycles. The number of rotatable bonds is 7. The molecule has 0 saturated heterocycles. The van der Waals surface area contributed by atoms with Crippen molar-refractivity contribution in [3.63, 3.8) is 0 Å². The molecular formula is C13H14ClN3O4S2. The molecule has 0 unspecified atom stereocenters. The van der Waals surface area contributed by atoms with E-state index < -0.39 is 15.9 Å². The van der Waals surface area contributed by atoms with Gasteiger partial charge in [-0.2, -0.15) is 0 Å². The van der Waals surface area contributed by atoms with Crippen LogP contribution in [-0.2, 0) is 14.8 Å². The molecule has 0 aliphatic rings. The molecule has 7 nitrogen and oxygen atoms in total. The Balaban J connectivity index is 2.23. The standard InChI is InChI=1S/C13H14ClN3O4S2/c1-21-6-4-16-23(19,20)9-2-3-11(14)10(8-9)12(18)17-13-15-5-7-22-13/h2-3,5,7-8,16H,4,6H2,1H3,(H,15,17,18). The average Bonchev–Trinajstić information content (AvgIpc) is 3.00. The molecule has 2 rings (SSSR count). The molecule has 2 aromatic rings. The molecule has 23 heavy (non-hydrogen) atoms. The van der Waals surface area contributed by atoms with Gasteiger partial charge in [-0.3, -0.25) is 10.1 Å². The van der Waals surface area contributed by atoms with E-state index in [2.05, 4.69) is 15.0 Å². The van der Waals surface area contributed by atoms with Crippen molar-refractivity contribution in [1.82, 2.24) is 9.71 Å². The van der Waals surface area contributed by atoms with Crippen molar-refractivity contribution in [1.29, 1.82) is 0 Å². The summed E-state index contributed by atoms with van der Waals surface area (Å²) in [6.07, 6.45) is 1.54. The highest BCUT2D eigenvalue weighted by Crippen LogP contribution is 2.22. The second-order valence-electron chi connectivity index (χ2n) is 4.32. The molecule has 0 aliphatic heterocycles. The van der Waals surface area contributed by atoms with Crippen LogP contribution in [0.3, 0.4) is 0 Å². The molecular weight excluding hydrogens is 362 g/mol. The van der Waals surface area contributed by atoms with E-state index >= 15 is 0 Å². The highest BCUT2D eigenvalue weighted by Gasteiger charge is 2.19. The van der Waals surface area contributed by atoms with E-state index in [4.69, 9.17) is 16.3 Å². The molecule has 0 radical (unpaired) electrons. The molecule has 0 aliphatic carbocycles. The van der Waals surface area contributed by atoms with Crippen LogP contribution >= 0.6 is 22.9 Å². The van der Waals surface area contributed by atoms with Crippen LogP contribution in [0, 0.1) is 0 Å². The van der Waals surface area contributed by atoms with Crippen LogP contribution in [-0.4, -0.2) is 39.6 Å². The number of nitrogens with zero attached hydrogens (tertiary/aromatic N) is 1. The molecule has 0 bridgehead atoms. The molecule has 1 heterocycles. The average molecular weight is 376 g/mol. The molecule has 0 saturated carbocycles. The zero-order chi connectivity index (χ0) is 16.9. The Morgan fingerprint density at radius 1 is 1.43 bits per heavy atom. The summed E-state index contributed by atoms with van der Waals surface area (Å²) in [4.78, 5) is 16.1. The number of ether oxygens (including phenoxy) is 1. The van der Waals surface area contributed by atoms with E-state index in [0.717, 1.165) is 0 Å². The summed E-state index contributed by atoms with van der Waals surface area (Å²) in [6.45, 7) is 0.367. The molecule has 2 N–H and O–H groups in total. The third-order valence-electron chi connectivity index (χ3n) is 2.74. The van der Waals surface area contributed by atoms with E-state index in [-0.39, 0.29) is 28.6 Å². The molecule has 0 fully saturated rings. The monoisotopic (exact) mass is 375 g/mol. The van der Waals surface area contributed by atoms with Crippen LogP contribution < -0.4 is 10.0 Å². The Bertz CT molecular complexity index is 779. The van der Waals surface area contributed by atoms with Gasteiger partial charge in [-0.1, -0.05) is 11.6 Å². The van der Waals surface area contributed by atoms with Crippen molar-refractivity contribution in [3.8, 4) is 0 Å². The van der Waals surface area contributed by atoms with Gasteiger partial charge < -0.3 is 4.74 Å². The van der Waals surface area contributed by atoms with Gasteiger partial charge in [0.2, 0.25) is 10.0 Å². The van der Waals surface area contributed by atoms with Crippen molar-refractivity contribution in [2.45, 2.75) is 4.90 Å². The lowest BCUT2D eigenvalue weighted by molar-refractivity contribution is 0.102. The van der Waals surface area contributed by atoms with Crippen LogP contribution in [0.1, 0.15) is 10.4 Å². The minimum atomic E-state index is -3.75. The fourth-order valence-electron chi connectivity index (χ4n) is 1.66. The second-order valence-corrected chi connectivity index (χ2v) is 7.39. The summed E-state index contributed by atoms with van der Waals surface area (Å²) in [5.74, 6) is -0.529. The first-order valence-corrected chi connectivity index (χ1v) is 9.17. The topological polar surface area (TPSA) is 97.4 Å². The van der Waals surface area contributed by atoms with E-state index in [1.54, 1.807) is 11.6 Å². The number of benzene rings is 1. The smallest absolute Gasteiger partial charge is 0.259 e. The summed E-state index contributed by atoms with van der Waals surface area (Å²) in [5, 5.41) is 4.81. The highest BCUT2D eigenvalue weighted by atomic mass is 35.5. The Morgan fingerprint density at radius 3 is 2.87 bits per heavy atom. The second kappa shape index (κ2) is 7.84. The molecule has 0 spiro atoms. The fourth-order valence-corrected chi connectivity index (χ4v) is 3.42. The number of carbonyl (C=O) groups is 1. The fraction of sp³-hybridized carbons (Fsp3) is 0.231. The van der Waals surface area contributed by atoms with E-state index in [1.807, 2.05) is 0 Å². The molecule has 1 amide bonds. The number of sulfonamides is 1. The van der Waals surface area contributed by atoms with E-state index in [0.29, 0.717) is 5.13 Å². The van der Waals surface area contributed by atoms with Crippen molar-refractivity contribution in [2.24, 2.45) is 0 Å². The number of nitrogens with one attached hydrogen (secondary N) is 2. The van der Waals surface area contributed by atoms with Gasteiger partial charge >= 0.3 is 0 Å². The van der Waals surface area contributed by atoms with Crippen LogP contribution in [0.15, 0.2) is 34.7 Å². The van der Waals surface area contributed by atoms with Crippen molar-refractivity contribution >= 4 is 44.0 Å². The maximum atomic E-state index is 12.2. The number of anilines is 1. The van der Waals surface area contributed by atoms with Gasteiger partial charge in [0, 0.05) is 25.2 Å². The van der Waals surface area contributed by atoms with Crippen molar-refractivity contribution in [3.05, 3.63) is 40.4 Å². The number of hydrogen-bond acceptors (Lipinski definition) is 6. The highest BCUT2D eigenvalue weighted by molar-refractivity contribution is 7.89. The lowest BCUT2D eigenvalue weighted by atomic mass is 10.2.